The van der Waals surface area contributed by atoms with Gasteiger partial charge in [0.15, 0.2) is 0 Å². The zero-order valence-electron chi connectivity index (χ0n) is 13.3. The van der Waals surface area contributed by atoms with Gasteiger partial charge in [-0.1, -0.05) is 36.8 Å². The molecule has 1 amide bonds. The van der Waals surface area contributed by atoms with Gasteiger partial charge in [-0.2, -0.15) is 0 Å². The Labute approximate surface area is 127 Å². The molecule has 1 aromatic rings. The molecular formula is C17H26N2O2. The quantitative estimate of drug-likeness (QED) is 0.904. The fourth-order valence-electron chi connectivity index (χ4n) is 2.71. The summed E-state index contributed by atoms with van der Waals surface area (Å²) in [6.07, 6.45) is 0.798. The summed E-state index contributed by atoms with van der Waals surface area (Å²) in [7, 11) is 0. The first-order valence-electron chi connectivity index (χ1n) is 7.81. The van der Waals surface area contributed by atoms with Crippen molar-refractivity contribution in [2.45, 2.75) is 39.3 Å². The van der Waals surface area contributed by atoms with Crippen molar-refractivity contribution in [1.29, 1.82) is 0 Å². The van der Waals surface area contributed by atoms with Crippen LogP contribution in [-0.4, -0.2) is 43.2 Å². The molecule has 0 saturated carbocycles. The predicted molar refractivity (Wildman–Crippen MR) is 84.2 cm³/mol. The highest BCUT2D eigenvalue weighted by Crippen LogP contribution is 2.16. The van der Waals surface area contributed by atoms with E-state index in [0.29, 0.717) is 26.3 Å². The third kappa shape index (κ3) is 4.29. The Morgan fingerprint density at radius 1 is 1.38 bits per heavy atom. The Bertz CT molecular complexity index is 470. The molecule has 1 fully saturated rings. The van der Waals surface area contributed by atoms with Crippen molar-refractivity contribution in [3.63, 3.8) is 0 Å². The summed E-state index contributed by atoms with van der Waals surface area (Å²) in [5.74, 6) is 0.195. The maximum Gasteiger partial charge on any atom is 0.239 e. The first-order valence-corrected chi connectivity index (χ1v) is 7.81. The number of morpholine rings is 1. The second-order valence-electron chi connectivity index (χ2n) is 5.70. The minimum Gasteiger partial charge on any atom is -0.378 e. The predicted octanol–water partition coefficient (Wildman–Crippen LogP) is 2.28. The van der Waals surface area contributed by atoms with Crippen LogP contribution in [0.1, 0.15) is 37.4 Å². The van der Waals surface area contributed by atoms with E-state index in [2.05, 4.69) is 50.4 Å². The van der Waals surface area contributed by atoms with Gasteiger partial charge in [-0.15, -0.1) is 0 Å². The van der Waals surface area contributed by atoms with Gasteiger partial charge >= 0.3 is 0 Å². The zero-order chi connectivity index (χ0) is 15.2. The van der Waals surface area contributed by atoms with Crippen LogP contribution < -0.4 is 5.32 Å². The van der Waals surface area contributed by atoms with Gasteiger partial charge in [0.2, 0.25) is 5.91 Å². The second-order valence-corrected chi connectivity index (χ2v) is 5.70. The zero-order valence-corrected chi connectivity index (χ0v) is 13.3. The monoisotopic (exact) mass is 290 g/mol. The molecule has 1 saturated heterocycles. The van der Waals surface area contributed by atoms with Crippen LogP contribution in [0.15, 0.2) is 24.3 Å². The molecule has 1 aliphatic heterocycles. The highest BCUT2D eigenvalue weighted by atomic mass is 16.5. The summed E-state index contributed by atoms with van der Waals surface area (Å²) in [5.41, 5.74) is 2.47. The van der Waals surface area contributed by atoms with Crippen LogP contribution in [0.5, 0.6) is 0 Å². The van der Waals surface area contributed by atoms with E-state index in [-0.39, 0.29) is 18.0 Å². The molecule has 21 heavy (non-hydrogen) atoms. The van der Waals surface area contributed by atoms with Crippen LogP contribution in [0.4, 0.5) is 0 Å². The Morgan fingerprint density at radius 2 is 2.10 bits per heavy atom. The number of ether oxygens (including phenoxy) is 1. The molecule has 4 heteroatoms. The topological polar surface area (TPSA) is 41.6 Å². The average molecular weight is 290 g/mol. The van der Waals surface area contributed by atoms with Crippen LogP contribution >= 0.6 is 0 Å². The minimum atomic E-state index is -0.126. The Kier molecular flexibility index (Phi) is 5.76. The molecule has 0 aromatic heterocycles. The van der Waals surface area contributed by atoms with Crippen molar-refractivity contribution in [3.8, 4) is 0 Å². The fourth-order valence-corrected chi connectivity index (χ4v) is 2.71. The number of benzene rings is 1. The summed E-state index contributed by atoms with van der Waals surface area (Å²) in [6, 6.07) is 8.47. The molecule has 1 aromatic carbocycles. The molecule has 0 radical (unpaired) electrons. The van der Waals surface area contributed by atoms with E-state index >= 15 is 0 Å². The summed E-state index contributed by atoms with van der Waals surface area (Å²) < 4.78 is 5.31. The van der Waals surface area contributed by atoms with Gasteiger partial charge in [0, 0.05) is 19.1 Å². The summed E-state index contributed by atoms with van der Waals surface area (Å²) in [4.78, 5) is 14.5. The van der Waals surface area contributed by atoms with Crippen molar-refractivity contribution >= 4 is 5.91 Å². The lowest BCUT2D eigenvalue weighted by atomic mass is 10.0. The number of aryl methyl sites for hydroxylation is 1. The van der Waals surface area contributed by atoms with E-state index in [4.69, 9.17) is 4.74 Å². The van der Waals surface area contributed by atoms with E-state index in [1.807, 2.05) is 4.90 Å². The van der Waals surface area contributed by atoms with Gasteiger partial charge in [0.05, 0.1) is 19.3 Å². The highest BCUT2D eigenvalue weighted by molar-refractivity contribution is 5.82. The van der Waals surface area contributed by atoms with Crippen molar-refractivity contribution in [1.82, 2.24) is 10.2 Å². The molecule has 116 valence electrons. The number of hydrogen-bond acceptors (Lipinski definition) is 3. The Morgan fingerprint density at radius 3 is 2.71 bits per heavy atom. The van der Waals surface area contributed by atoms with E-state index in [1.165, 1.54) is 11.1 Å². The van der Waals surface area contributed by atoms with Crippen molar-refractivity contribution in [2.75, 3.05) is 26.3 Å². The second kappa shape index (κ2) is 7.57. The lowest BCUT2D eigenvalue weighted by Gasteiger charge is -2.31. The number of nitrogens with zero attached hydrogens (tertiary/aromatic N) is 1. The van der Waals surface area contributed by atoms with Gasteiger partial charge in [-0.3, -0.25) is 10.1 Å². The molecule has 2 rings (SSSR count). The molecule has 2 unspecified atom stereocenters. The van der Waals surface area contributed by atoms with Crippen LogP contribution in [-0.2, 0) is 9.53 Å². The molecule has 1 N–H and O–H groups in total. The first kappa shape index (κ1) is 16.0. The molecule has 0 spiro atoms. The number of nitrogens with one attached hydrogen (secondary N) is 1. The number of rotatable bonds is 5. The summed E-state index contributed by atoms with van der Waals surface area (Å²) in [6.45, 7) is 8.96. The van der Waals surface area contributed by atoms with Gasteiger partial charge in [-0.05, 0) is 25.8 Å². The number of carbonyl (C=O) groups excluding carboxylic acids is 1. The molecule has 1 aliphatic rings. The molecule has 0 aliphatic carbocycles. The van der Waals surface area contributed by atoms with Crippen molar-refractivity contribution in [3.05, 3.63) is 35.4 Å². The van der Waals surface area contributed by atoms with Gasteiger partial charge in [-0.25, -0.2) is 0 Å². The minimum absolute atomic E-state index is 0.126. The summed E-state index contributed by atoms with van der Waals surface area (Å²) >= 11 is 0. The Balaban J connectivity index is 1.99. The lowest BCUT2D eigenvalue weighted by Crippen LogP contribution is -2.50. The van der Waals surface area contributed by atoms with E-state index in [1.54, 1.807) is 0 Å². The molecule has 1 heterocycles. The average Bonchev–Trinajstić information content (AvgIpc) is 2.52. The van der Waals surface area contributed by atoms with Crippen LogP contribution in [0.3, 0.4) is 0 Å². The van der Waals surface area contributed by atoms with E-state index < -0.39 is 0 Å². The normalized spacial score (nSPS) is 18.3. The van der Waals surface area contributed by atoms with Crippen LogP contribution in [0.25, 0.3) is 0 Å². The third-order valence-corrected chi connectivity index (χ3v) is 4.02. The largest absolute Gasteiger partial charge is 0.378 e. The van der Waals surface area contributed by atoms with Crippen LogP contribution in [0.2, 0.25) is 0 Å². The summed E-state index contributed by atoms with van der Waals surface area (Å²) in [5, 5.41) is 3.48. The van der Waals surface area contributed by atoms with Gasteiger partial charge < -0.3 is 9.64 Å². The molecule has 0 bridgehead atoms. The van der Waals surface area contributed by atoms with E-state index in [0.717, 1.165) is 6.42 Å². The van der Waals surface area contributed by atoms with Crippen molar-refractivity contribution < 1.29 is 9.53 Å². The van der Waals surface area contributed by atoms with Crippen LogP contribution in [0, 0.1) is 6.92 Å². The Hall–Kier alpha value is -1.39. The number of hydrogen-bond donors (Lipinski definition) is 1. The smallest absolute Gasteiger partial charge is 0.239 e. The van der Waals surface area contributed by atoms with Crippen molar-refractivity contribution in [2.24, 2.45) is 0 Å². The van der Waals surface area contributed by atoms with Gasteiger partial charge in [0.1, 0.15) is 0 Å². The molecule has 2 atom stereocenters. The highest BCUT2D eigenvalue weighted by Gasteiger charge is 2.25. The SMILES string of the molecule is CCC(NC(C)c1cccc(C)c1)C(=O)N1CCOCC1. The van der Waals surface area contributed by atoms with E-state index in [9.17, 15) is 4.79 Å². The third-order valence-electron chi connectivity index (χ3n) is 4.02. The maximum atomic E-state index is 12.6. The molecule has 4 nitrogen and oxygen atoms in total. The standard InChI is InChI=1S/C17H26N2O2/c1-4-16(17(20)19-8-10-21-11-9-19)18-14(3)15-7-5-6-13(2)12-15/h5-7,12,14,16,18H,4,8-11H2,1-3H3. The number of amides is 1. The molecular weight excluding hydrogens is 264 g/mol. The lowest BCUT2D eigenvalue weighted by molar-refractivity contribution is -0.137. The fraction of sp³-hybridized carbons (Fsp3) is 0.588. The maximum absolute atomic E-state index is 12.6. The number of carbonyl (C=O) groups is 1. The first-order chi connectivity index (χ1) is 10.1. The van der Waals surface area contributed by atoms with Gasteiger partial charge in [0.25, 0.3) is 0 Å².